The highest BCUT2D eigenvalue weighted by atomic mass is 15.1. The molecular formula is C8H12N4. The molecule has 0 aromatic carbocycles. The molecule has 2 N–H and O–H groups in total. The molecule has 2 heterocycles. The van der Waals surface area contributed by atoms with Crippen LogP contribution in [0.15, 0.2) is 18.5 Å². The van der Waals surface area contributed by atoms with E-state index in [1.807, 2.05) is 6.07 Å². The first-order valence-electron chi connectivity index (χ1n) is 4.19. The fourth-order valence-electron chi connectivity index (χ4n) is 1.33. The molecule has 12 heavy (non-hydrogen) atoms. The molecule has 1 saturated heterocycles. The highest BCUT2D eigenvalue weighted by Gasteiger charge is 2.14. The highest BCUT2D eigenvalue weighted by molar-refractivity contribution is 5.24. The van der Waals surface area contributed by atoms with Crippen LogP contribution in [0, 0.1) is 0 Å². The Morgan fingerprint density at radius 1 is 1.42 bits per heavy atom. The first-order valence-corrected chi connectivity index (χ1v) is 4.19. The normalized spacial score (nSPS) is 22.5. The minimum absolute atomic E-state index is 0.493. The molecule has 4 nitrogen and oxygen atoms in total. The van der Waals surface area contributed by atoms with Crippen molar-refractivity contribution in [3.05, 3.63) is 18.5 Å². The first kappa shape index (κ1) is 7.49. The number of aromatic nitrogens is 2. The Morgan fingerprint density at radius 2 is 2.25 bits per heavy atom. The Balaban J connectivity index is 1.94. The van der Waals surface area contributed by atoms with Gasteiger partial charge in [-0.2, -0.15) is 0 Å². The molecule has 0 amide bonds. The predicted molar refractivity (Wildman–Crippen MR) is 46.9 cm³/mol. The predicted octanol–water partition coefficient (Wildman–Crippen LogP) is 0.250. The SMILES string of the molecule is c1cnc(N[C@H]2CCNC2)nc1. The van der Waals surface area contributed by atoms with Crippen molar-refractivity contribution < 1.29 is 0 Å². The molecule has 64 valence electrons. The van der Waals surface area contributed by atoms with Gasteiger partial charge in [0, 0.05) is 25.0 Å². The largest absolute Gasteiger partial charge is 0.350 e. The van der Waals surface area contributed by atoms with Gasteiger partial charge in [0.15, 0.2) is 0 Å². The van der Waals surface area contributed by atoms with Gasteiger partial charge in [-0.05, 0) is 19.0 Å². The summed E-state index contributed by atoms with van der Waals surface area (Å²) in [5.41, 5.74) is 0. The maximum absolute atomic E-state index is 4.09. The van der Waals surface area contributed by atoms with Crippen LogP contribution >= 0.6 is 0 Å². The van der Waals surface area contributed by atoms with E-state index in [-0.39, 0.29) is 0 Å². The summed E-state index contributed by atoms with van der Waals surface area (Å²) in [5, 5.41) is 6.53. The van der Waals surface area contributed by atoms with E-state index in [2.05, 4.69) is 20.6 Å². The fourth-order valence-corrected chi connectivity index (χ4v) is 1.33. The van der Waals surface area contributed by atoms with Crippen LogP contribution in [-0.4, -0.2) is 29.1 Å². The standard InChI is InChI=1S/C8H12N4/c1-3-10-8(11-4-1)12-7-2-5-9-6-7/h1,3-4,7,9H,2,5-6H2,(H,10,11,12)/t7-/m0/s1. The summed E-state index contributed by atoms with van der Waals surface area (Å²) in [6, 6.07) is 2.31. The van der Waals surface area contributed by atoms with Gasteiger partial charge in [0.05, 0.1) is 0 Å². The van der Waals surface area contributed by atoms with E-state index in [4.69, 9.17) is 0 Å². The van der Waals surface area contributed by atoms with Crippen LogP contribution in [0.5, 0.6) is 0 Å². The second-order valence-corrected chi connectivity index (χ2v) is 2.91. The molecule has 1 aliphatic rings. The van der Waals surface area contributed by atoms with Crippen molar-refractivity contribution in [1.29, 1.82) is 0 Å². The van der Waals surface area contributed by atoms with Crippen LogP contribution in [0.1, 0.15) is 6.42 Å². The van der Waals surface area contributed by atoms with Gasteiger partial charge in [0.25, 0.3) is 0 Å². The minimum Gasteiger partial charge on any atom is -0.350 e. The third-order valence-electron chi connectivity index (χ3n) is 1.96. The molecule has 2 rings (SSSR count). The van der Waals surface area contributed by atoms with E-state index < -0.39 is 0 Å². The molecule has 0 unspecified atom stereocenters. The van der Waals surface area contributed by atoms with Crippen molar-refractivity contribution in [1.82, 2.24) is 15.3 Å². The van der Waals surface area contributed by atoms with Crippen LogP contribution in [0.2, 0.25) is 0 Å². The van der Waals surface area contributed by atoms with Gasteiger partial charge < -0.3 is 10.6 Å². The van der Waals surface area contributed by atoms with E-state index in [0.29, 0.717) is 6.04 Å². The Bertz CT molecular complexity index is 230. The summed E-state index contributed by atoms with van der Waals surface area (Å²) >= 11 is 0. The van der Waals surface area contributed by atoms with Gasteiger partial charge in [-0.1, -0.05) is 0 Å². The Kier molecular flexibility index (Phi) is 2.18. The maximum Gasteiger partial charge on any atom is 0.222 e. The molecule has 1 aromatic rings. The van der Waals surface area contributed by atoms with Crippen LogP contribution in [0.4, 0.5) is 5.95 Å². The fraction of sp³-hybridized carbons (Fsp3) is 0.500. The van der Waals surface area contributed by atoms with E-state index >= 15 is 0 Å². The van der Waals surface area contributed by atoms with Crippen molar-refractivity contribution in [3.63, 3.8) is 0 Å². The van der Waals surface area contributed by atoms with Crippen LogP contribution in [0.3, 0.4) is 0 Å². The maximum atomic E-state index is 4.09. The lowest BCUT2D eigenvalue weighted by Gasteiger charge is -2.09. The summed E-state index contributed by atoms with van der Waals surface area (Å²) < 4.78 is 0. The first-order chi connectivity index (χ1) is 5.95. The number of nitrogens with zero attached hydrogens (tertiary/aromatic N) is 2. The van der Waals surface area contributed by atoms with Crippen molar-refractivity contribution >= 4 is 5.95 Å². The van der Waals surface area contributed by atoms with E-state index in [9.17, 15) is 0 Å². The summed E-state index contributed by atoms with van der Waals surface area (Å²) in [6.45, 7) is 2.10. The summed E-state index contributed by atoms with van der Waals surface area (Å²) in [4.78, 5) is 8.18. The molecule has 0 saturated carbocycles. The lowest BCUT2D eigenvalue weighted by atomic mass is 10.3. The zero-order valence-corrected chi connectivity index (χ0v) is 6.83. The third kappa shape index (κ3) is 1.71. The van der Waals surface area contributed by atoms with Gasteiger partial charge in [-0.15, -0.1) is 0 Å². The zero-order chi connectivity index (χ0) is 8.23. The molecule has 0 spiro atoms. The van der Waals surface area contributed by atoms with Crippen molar-refractivity contribution in [3.8, 4) is 0 Å². The second-order valence-electron chi connectivity index (χ2n) is 2.91. The number of rotatable bonds is 2. The highest BCUT2D eigenvalue weighted by Crippen LogP contribution is 2.04. The van der Waals surface area contributed by atoms with Crippen molar-refractivity contribution in [2.45, 2.75) is 12.5 Å². The summed E-state index contributed by atoms with van der Waals surface area (Å²) in [6.07, 6.45) is 4.65. The Hall–Kier alpha value is -1.16. The molecule has 1 aliphatic heterocycles. The van der Waals surface area contributed by atoms with Crippen molar-refractivity contribution in [2.75, 3.05) is 18.4 Å². The van der Waals surface area contributed by atoms with Crippen LogP contribution in [0.25, 0.3) is 0 Å². The molecule has 4 heteroatoms. The molecule has 1 fully saturated rings. The average Bonchev–Trinajstić information content (AvgIpc) is 2.59. The van der Waals surface area contributed by atoms with Crippen LogP contribution in [-0.2, 0) is 0 Å². The van der Waals surface area contributed by atoms with Gasteiger partial charge >= 0.3 is 0 Å². The quantitative estimate of drug-likeness (QED) is 0.658. The van der Waals surface area contributed by atoms with E-state index in [1.165, 1.54) is 0 Å². The monoisotopic (exact) mass is 164 g/mol. The molecule has 0 radical (unpaired) electrons. The molecule has 1 atom stereocenters. The number of anilines is 1. The number of hydrogen-bond donors (Lipinski definition) is 2. The lowest BCUT2D eigenvalue weighted by molar-refractivity contribution is 0.780. The topological polar surface area (TPSA) is 49.8 Å². The number of nitrogens with one attached hydrogen (secondary N) is 2. The third-order valence-corrected chi connectivity index (χ3v) is 1.96. The second kappa shape index (κ2) is 3.49. The molecule has 0 aliphatic carbocycles. The number of hydrogen-bond acceptors (Lipinski definition) is 4. The minimum atomic E-state index is 0.493. The molecular weight excluding hydrogens is 152 g/mol. The van der Waals surface area contributed by atoms with E-state index in [0.717, 1.165) is 25.5 Å². The Morgan fingerprint density at radius 3 is 2.92 bits per heavy atom. The molecule has 1 aromatic heterocycles. The smallest absolute Gasteiger partial charge is 0.222 e. The van der Waals surface area contributed by atoms with Gasteiger partial charge in [0.1, 0.15) is 0 Å². The van der Waals surface area contributed by atoms with Gasteiger partial charge in [-0.25, -0.2) is 9.97 Å². The summed E-state index contributed by atoms with van der Waals surface area (Å²) in [5.74, 6) is 0.728. The van der Waals surface area contributed by atoms with E-state index in [1.54, 1.807) is 12.4 Å². The van der Waals surface area contributed by atoms with Crippen LogP contribution < -0.4 is 10.6 Å². The van der Waals surface area contributed by atoms with Gasteiger partial charge in [0.2, 0.25) is 5.95 Å². The molecule has 0 bridgehead atoms. The lowest BCUT2D eigenvalue weighted by Crippen LogP contribution is -2.23. The Labute approximate surface area is 71.4 Å². The average molecular weight is 164 g/mol. The van der Waals surface area contributed by atoms with Crippen molar-refractivity contribution in [2.24, 2.45) is 0 Å². The zero-order valence-electron chi connectivity index (χ0n) is 6.83. The summed E-state index contributed by atoms with van der Waals surface area (Å²) in [7, 11) is 0. The van der Waals surface area contributed by atoms with Gasteiger partial charge in [-0.3, -0.25) is 0 Å².